The molecule has 0 atom stereocenters. The molecule has 2 N–H and O–H groups in total. The Hall–Kier alpha value is -2.64. The average molecular weight is 310 g/mol. The van der Waals surface area contributed by atoms with Gasteiger partial charge in [-0.05, 0) is 19.1 Å². The van der Waals surface area contributed by atoms with Crippen LogP contribution in [0.3, 0.4) is 0 Å². The van der Waals surface area contributed by atoms with Gasteiger partial charge in [0, 0.05) is 36.7 Å². The summed E-state index contributed by atoms with van der Waals surface area (Å²) in [7, 11) is 0. The van der Waals surface area contributed by atoms with E-state index in [1.165, 1.54) is 12.1 Å². The Morgan fingerprint density at radius 3 is 2.95 bits per heavy atom. The third-order valence-corrected chi connectivity index (χ3v) is 2.96. The number of amides is 2. The summed E-state index contributed by atoms with van der Waals surface area (Å²) < 4.78 is 30.7. The number of carbonyl (C=O) groups is 1. The highest BCUT2D eigenvalue weighted by Crippen LogP contribution is 2.26. The Bertz CT molecular complexity index is 617. The molecular weight excluding hydrogens is 294 g/mol. The zero-order valence-electron chi connectivity index (χ0n) is 11.9. The monoisotopic (exact) mass is 310 g/mol. The molecule has 1 aromatic heterocycles. The predicted octanol–water partition coefficient (Wildman–Crippen LogP) is 2.61. The van der Waals surface area contributed by atoms with Gasteiger partial charge < -0.3 is 19.9 Å². The smallest absolute Gasteiger partial charge is 0.387 e. The van der Waals surface area contributed by atoms with Crippen LogP contribution in [0.25, 0.3) is 0 Å². The van der Waals surface area contributed by atoms with E-state index in [-0.39, 0.29) is 5.75 Å². The summed E-state index contributed by atoms with van der Waals surface area (Å²) >= 11 is 0. The van der Waals surface area contributed by atoms with Crippen molar-refractivity contribution < 1.29 is 18.3 Å². The van der Waals surface area contributed by atoms with Crippen LogP contribution >= 0.6 is 0 Å². The quantitative estimate of drug-likeness (QED) is 0.862. The van der Waals surface area contributed by atoms with Crippen LogP contribution in [0.4, 0.5) is 19.3 Å². The van der Waals surface area contributed by atoms with E-state index in [1.807, 2.05) is 4.57 Å². The summed E-state index contributed by atoms with van der Waals surface area (Å²) in [5.41, 5.74) is 0.853. The minimum atomic E-state index is -2.90. The zero-order chi connectivity index (χ0) is 15.9. The number of aromatic nitrogens is 2. The fraction of sp³-hybridized carbons (Fsp3) is 0.286. The van der Waals surface area contributed by atoms with Gasteiger partial charge in [0.15, 0.2) is 0 Å². The largest absolute Gasteiger partial charge is 0.434 e. The summed E-state index contributed by atoms with van der Waals surface area (Å²) in [5.74, 6) is 0.0335. The van der Waals surface area contributed by atoms with Crippen LogP contribution in [-0.2, 0) is 6.54 Å². The highest BCUT2D eigenvalue weighted by molar-refractivity contribution is 5.90. The lowest BCUT2D eigenvalue weighted by atomic mass is 10.2. The number of ether oxygens (including phenoxy) is 1. The average Bonchev–Trinajstić information content (AvgIpc) is 2.96. The molecule has 0 saturated heterocycles. The molecule has 2 amide bonds. The molecule has 1 aromatic carbocycles. The molecule has 2 rings (SSSR count). The number of rotatable bonds is 6. The third-order valence-electron chi connectivity index (χ3n) is 2.96. The lowest BCUT2D eigenvalue weighted by Crippen LogP contribution is -2.31. The van der Waals surface area contributed by atoms with Crippen molar-refractivity contribution in [3.8, 4) is 5.75 Å². The van der Waals surface area contributed by atoms with Gasteiger partial charge in [-0.25, -0.2) is 9.78 Å². The van der Waals surface area contributed by atoms with Gasteiger partial charge in [-0.3, -0.25) is 0 Å². The Kier molecular flexibility index (Phi) is 5.29. The predicted molar refractivity (Wildman–Crippen MR) is 77.1 cm³/mol. The van der Waals surface area contributed by atoms with Crippen molar-refractivity contribution in [2.45, 2.75) is 20.1 Å². The van der Waals surface area contributed by atoms with Gasteiger partial charge in [0.1, 0.15) is 5.75 Å². The number of hydrogen-bond acceptors (Lipinski definition) is 3. The van der Waals surface area contributed by atoms with Crippen LogP contribution in [0.15, 0.2) is 36.9 Å². The number of halogens is 2. The van der Waals surface area contributed by atoms with Crippen LogP contribution in [-0.4, -0.2) is 28.7 Å². The molecule has 0 aliphatic rings. The second-order valence-electron chi connectivity index (χ2n) is 4.49. The van der Waals surface area contributed by atoms with Crippen LogP contribution in [0.1, 0.15) is 5.56 Å². The molecule has 0 saturated carbocycles. The van der Waals surface area contributed by atoms with Gasteiger partial charge in [-0.15, -0.1) is 0 Å². The van der Waals surface area contributed by atoms with E-state index < -0.39 is 12.6 Å². The van der Waals surface area contributed by atoms with Crippen molar-refractivity contribution in [2.75, 3.05) is 11.9 Å². The second-order valence-corrected chi connectivity index (χ2v) is 4.49. The number of nitrogens with one attached hydrogen (secondary N) is 2. The lowest BCUT2D eigenvalue weighted by molar-refractivity contribution is -0.0502. The van der Waals surface area contributed by atoms with Crippen molar-refractivity contribution in [1.29, 1.82) is 0 Å². The fourth-order valence-electron chi connectivity index (χ4n) is 1.86. The van der Waals surface area contributed by atoms with Crippen molar-refractivity contribution in [3.05, 3.63) is 42.5 Å². The van der Waals surface area contributed by atoms with Crippen LogP contribution < -0.4 is 15.4 Å². The van der Waals surface area contributed by atoms with Gasteiger partial charge >= 0.3 is 12.6 Å². The van der Waals surface area contributed by atoms with E-state index in [1.54, 1.807) is 31.7 Å². The minimum absolute atomic E-state index is 0.0335. The summed E-state index contributed by atoms with van der Waals surface area (Å²) in [4.78, 5) is 15.7. The molecule has 0 aliphatic heterocycles. The highest BCUT2D eigenvalue weighted by Gasteiger charge is 2.11. The summed E-state index contributed by atoms with van der Waals surface area (Å²) in [6, 6.07) is 4.15. The normalized spacial score (nSPS) is 10.5. The van der Waals surface area contributed by atoms with E-state index in [4.69, 9.17) is 0 Å². The molecule has 0 radical (unpaired) electrons. The Labute approximate surface area is 126 Å². The molecule has 22 heavy (non-hydrogen) atoms. The number of carbonyl (C=O) groups excluding carboxylic acids is 1. The molecule has 0 unspecified atom stereocenters. The van der Waals surface area contributed by atoms with Crippen LogP contribution in [0.2, 0.25) is 0 Å². The molecule has 6 nitrogen and oxygen atoms in total. The standard InChI is InChI=1S/C14H16F2N4O2/c1-10-11(3-2-4-12(10)22-13(15)16)19-14(21)18-6-8-20-7-5-17-9-20/h2-5,7,9,13H,6,8H2,1H3,(H2,18,19,21). The third kappa shape index (κ3) is 4.44. The number of urea groups is 1. The van der Waals surface area contributed by atoms with Gasteiger partial charge in [-0.2, -0.15) is 8.78 Å². The number of anilines is 1. The topological polar surface area (TPSA) is 68.2 Å². The Morgan fingerprint density at radius 1 is 1.45 bits per heavy atom. The van der Waals surface area contributed by atoms with E-state index in [0.717, 1.165) is 0 Å². The SMILES string of the molecule is Cc1c(NC(=O)NCCn2ccnc2)cccc1OC(F)F. The van der Waals surface area contributed by atoms with Crippen molar-refractivity contribution in [3.63, 3.8) is 0 Å². The van der Waals surface area contributed by atoms with Crippen LogP contribution in [0, 0.1) is 6.92 Å². The maximum atomic E-state index is 12.3. The first-order chi connectivity index (χ1) is 10.6. The second kappa shape index (κ2) is 7.39. The fourth-order valence-corrected chi connectivity index (χ4v) is 1.86. The van der Waals surface area contributed by atoms with Crippen LogP contribution in [0.5, 0.6) is 5.75 Å². The molecule has 0 fully saturated rings. The van der Waals surface area contributed by atoms with E-state index in [0.29, 0.717) is 24.3 Å². The summed E-state index contributed by atoms with van der Waals surface area (Å²) in [6.45, 7) is -0.313. The van der Waals surface area contributed by atoms with Crippen molar-refractivity contribution in [2.24, 2.45) is 0 Å². The van der Waals surface area contributed by atoms with Gasteiger partial charge in [0.2, 0.25) is 0 Å². The molecule has 0 spiro atoms. The first-order valence-electron chi connectivity index (χ1n) is 6.61. The maximum absolute atomic E-state index is 12.3. The number of hydrogen-bond donors (Lipinski definition) is 2. The number of benzene rings is 1. The number of imidazole rings is 1. The van der Waals surface area contributed by atoms with Crippen molar-refractivity contribution in [1.82, 2.24) is 14.9 Å². The summed E-state index contributed by atoms with van der Waals surface area (Å²) in [5, 5.41) is 5.27. The zero-order valence-corrected chi connectivity index (χ0v) is 11.9. The first-order valence-corrected chi connectivity index (χ1v) is 6.61. The van der Waals surface area contributed by atoms with Gasteiger partial charge in [-0.1, -0.05) is 6.07 Å². The molecule has 2 aromatic rings. The maximum Gasteiger partial charge on any atom is 0.387 e. The van der Waals surface area contributed by atoms with Gasteiger partial charge in [0.05, 0.1) is 6.33 Å². The molecule has 1 heterocycles. The lowest BCUT2D eigenvalue weighted by Gasteiger charge is -2.13. The number of nitrogens with zero attached hydrogens (tertiary/aromatic N) is 2. The van der Waals surface area contributed by atoms with Gasteiger partial charge in [0.25, 0.3) is 0 Å². The molecule has 0 bridgehead atoms. The molecule has 118 valence electrons. The molecule has 8 heteroatoms. The Morgan fingerprint density at radius 2 is 2.27 bits per heavy atom. The first kappa shape index (κ1) is 15.7. The molecular formula is C14H16F2N4O2. The highest BCUT2D eigenvalue weighted by atomic mass is 19.3. The minimum Gasteiger partial charge on any atom is -0.434 e. The summed E-state index contributed by atoms with van der Waals surface area (Å²) in [6.07, 6.45) is 5.09. The van der Waals surface area contributed by atoms with E-state index >= 15 is 0 Å². The molecule has 0 aliphatic carbocycles. The van der Waals surface area contributed by atoms with E-state index in [2.05, 4.69) is 20.4 Å². The Balaban J connectivity index is 1.88. The number of alkyl halides is 2. The van der Waals surface area contributed by atoms with E-state index in [9.17, 15) is 13.6 Å². The van der Waals surface area contributed by atoms with Crippen molar-refractivity contribution >= 4 is 11.7 Å².